The molecule has 0 aromatic carbocycles. The molecule has 1 fully saturated rings. The lowest BCUT2D eigenvalue weighted by Gasteiger charge is -2.25. The molecule has 3 rings (SSSR count). The number of aromatic nitrogens is 3. The Morgan fingerprint density at radius 2 is 2.25 bits per heavy atom. The van der Waals surface area contributed by atoms with E-state index in [2.05, 4.69) is 15.3 Å². The Balaban J connectivity index is 2.22. The summed E-state index contributed by atoms with van der Waals surface area (Å²) in [6.07, 6.45) is 1.75. The second-order valence-electron chi connectivity index (χ2n) is 5.20. The summed E-state index contributed by atoms with van der Waals surface area (Å²) in [6.45, 7) is 4.54. The van der Waals surface area contributed by atoms with Gasteiger partial charge in [0.1, 0.15) is 17.4 Å². The van der Waals surface area contributed by atoms with Crippen LogP contribution in [0.25, 0.3) is 11.2 Å². The van der Waals surface area contributed by atoms with Crippen LogP contribution in [-0.4, -0.2) is 27.0 Å². The summed E-state index contributed by atoms with van der Waals surface area (Å²) >= 11 is 6.24. The number of carbonyl (C=O) groups is 1. The van der Waals surface area contributed by atoms with Gasteiger partial charge in [-0.05, 0) is 38.8 Å². The first kappa shape index (κ1) is 13.4. The highest BCUT2D eigenvalue weighted by Crippen LogP contribution is 2.30. The van der Waals surface area contributed by atoms with Gasteiger partial charge in [0, 0.05) is 12.2 Å². The SMILES string of the molecule is Cc1ccc2nc(C(C)Cl)n(C3CCCNC3=O)c2n1. The third-order valence-electron chi connectivity index (χ3n) is 3.63. The molecular formula is C14H17ClN4O. The lowest BCUT2D eigenvalue weighted by molar-refractivity contribution is -0.125. The van der Waals surface area contributed by atoms with Crippen LogP contribution in [0.3, 0.4) is 0 Å². The van der Waals surface area contributed by atoms with Crippen molar-refractivity contribution in [2.45, 2.75) is 38.1 Å². The molecule has 0 radical (unpaired) electrons. The molecule has 2 atom stereocenters. The lowest BCUT2D eigenvalue weighted by Crippen LogP contribution is -2.38. The second-order valence-corrected chi connectivity index (χ2v) is 5.86. The molecule has 2 unspecified atom stereocenters. The Labute approximate surface area is 122 Å². The van der Waals surface area contributed by atoms with Gasteiger partial charge in [-0.3, -0.25) is 9.36 Å². The first-order valence-electron chi connectivity index (χ1n) is 6.85. The van der Waals surface area contributed by atoms with Gasteiger partial charge in [-0.2, -0.15) is 0 Å². The molecule has 20 heavy (non-hydrogen) atoms. The van der Waals surface area contributed by atoms with Crippen molar-refractivity contribution in [1.82, 2.24) is 19.9 Å². The van der Waals surface area contributed by atoms with E-state index < -0.39 is 0 Å². The van der Waals surface area contributed by atoms with Crippen LogP contribution in [0.15, 0.2) is 12.1 Å². The smallest absolute Gasteiger partial charge is 0.243 e. The Morgan fingerprint density at radius 3 is 2.95 bits per heavy atom. The minimum atomic E-state index is -0.265. The van der Waals surface area contributed by atoms with Crippen molar-refractivity contribution in [3.63, 3.8) is 0 Å². The number of nitrogens with zero attached hydrogens (tertiary/aromatic N) is 3. The number of hydrogen-bond donors (Lipinski definition) is 1. The molecule has 1 N–H and O–H groups in total. The Morgan fingerprint density at radius 1 is 1.45 bits per heavy atom. The first-order chi connectivity index (χ1) is 9.58. The summed E-state index contributed by atoms with van der Waals surface area (Å²) < 4.78 is 1.91. The normalized spacial score (nSPS) is 20.9. The number of imidazole rings is 1. The van der Waals surface area contributed by atoms with Gasteiger partial charge in [-0.15, -0.1) is 11.6 Å². The number of hydrogen-bond acceptors (Lipinski definition) is 3. The van der Waals surface area contributed by atoms with E-state index in [1.807, 2.05) is 30.5 Å². The molecule has 1 aliphatic heterocycles. The fraction of sp³-hybridized carbons (Fsp3) is 0.500. The van der Waals surface area contributed by atoms with Crippen LogP contribution < -0.4 is 5.32 Å². The Bertz CT molecular complexity index is 664. The number of halogens is 1. The summed E-state index contributed by atoms with van der Waals surface area (Å²) in [5.74, 6) is 0.735. The zero-order valence-electron chi connectivity index (χ0n) is 11.6. The van der Waals surface area contributed by atoms with Crippen LogP contribution in [0.5, 0.6) is 0 Å². The molecule has 1 saturated heterocycles. The van der Waals surface area contributed by atoms with Crippen molar-refractivity contribution in [1.29, 1.82) is 0 Å². The Hall–Kier alpha value is -1.62. The van der Waals surface area contributed by atoms with Gasteiger partial charge < -0.3 is 5.32 Å². The van der Waals surface area contributed by atoms with Crippen molar-refractivity contribution in [3.8, 4) is 0 Å². The lowest BCUT2D eigenvalue weighted by atomic mass is 10.1. The van der Waals surface area contributed by atoms with Crippen LogP contribution in [0.2, 0.25) is 0 Å². The minimum Gasteiger partial charge on any atom is -0.354 e. The molecule has 6 heteroatoms. The average molecular weight is 293 g/mol. The fourth-order valence-electron chi connectivity index (χ4n) is 2.68. The number of pyridine rings is 1. The maximum atomic E-state index is 12.2. The number of rotatable bonds is 2. The van der Waals surface area contributed by atoms with E-state index in [1.54, 1.807) is 0 Å². The van der Waals surface area contributed by atoms with Gasteiger partial charge in [-0.25, -0.2) is 9.97 Å². The molecule has 0 bridgehead atoms. The summed E-state index contributed by atoms with van der Waals surface area (Å²) in [5.41, 5.74) is 2.44. The van der Waals surface area contributed by atoms with Crippen molar-refractivity contribution in [2.24, 2.45) is 0 Å². The predicted octanol–water partition coefficient (Wildman–Crippen LogP) is 2.49. The number of amides is 1. The monoisotopic (exact) mass is 292 g/mol. The zero-order chi connectivity index (χ0) is 14.3. The van der Waals surface area contributed by atoms with E-state index >= 15 is 0 Å². The van der Waals surface area contributed by atoms with E-state index in [1.165, 1.54) is 0 Å². The van der Waals surface area contributed by atoms with Crippen LogP contribution >= 0.6 is 11.6 Å². The predicted molar refractivity (Wildman–Crippen MR) is 77.8 cm³/mol. The maximum Gasteiger partial charge on any atom is 0.243 e. The average Bonchev–Trinajstić information content (AvgIpc) is 2.78. The number of carbonyl (C=O) groups excluding carboxylic acids is 1. The highest BCUT2D eigenvalue weighted by molar-refractivity contribution is 6.20. The first-order valence-corrected chi connectivity index (χ1v) is 7.29. The van der Waals surface area contributed by atoms with Gasteiger partial charge >= 0.3 is 0 Å². The number of piperidine rings is 1. The third-order valence-corrected chi connectivity index (χ3v) is 3.82. The molecule has 0 spiro atoms. The molecule has 5 nitrogen and oxygen atoms in total. The second kappa shape index (κ2) is 5.05. The molecule has 1 aliphatic rings. The quantitative estimate of drug-likeness (QED) is 0.865. The van der Waals surface area contributed by atoms with E-state index in [-0.39, 0.29) is 17.3 Å². The van der Waals surface area contributed by atoms with Gasteiger partial charge in [-0.1, -0.05) is 0 Å². The molecule has 2 aromatic rings. The fourth-order valence-corrected chi connectivity index (χ4v) is 2.83. The van der Waals surface area contributed by atoms with Gasteiger partial charge in [0.15, 0.2) is 5.65 Å². The largest absolute Gasteiger partial charge is 0.354 e. The summed E-state index contributed by atoms with van der Waals surface area (Å²) in [5, 5.41) is 2.64. The number of fused-ring (bicyclic) bond motifs is 1. The number of alkyl halides is 1. The van der Waals surface area contributed by atoms with E-state index in [0.717, 1.165) is 36.2 Å². The number of aryl methyl sites for hydroxylation is 1. The van der Waals surface area contributed by atoms with E-state index in [0.29, 0.717) is 5.82 Å². The zero-order valence-corrected chi connectivity index (χ0v) is 12.3. The van der Waals surface area contributed by atoms with Crippen molar-refractivity contribution < 1.29 is 4.79 Å². The molecule has 106 valence electrons. The van der Waals surface area contributed by atoms with E-state index in [4.69, 9.17) is 11.6 Å². The molecule has 0 saturated carbocycles. The van der Waals surface area contributed by atoms with Gasteiger partial charge in [0.2, 0.25) is 5.91 Å². The topological polar surface area (TPSA) is 59.8 Å². The summed E-state index contributed by atoms with van der Waals surface area (Å²) in [6, 6.07) is 3.58. The molecule has 1 amide bonds. The minimum absolute atomic E-state index is 0.0254. The standard InChI is InChI=1S/C14H17ClN4O/c1-8-5-6-10-13(17-8)19(12(18-10)9(2)15)11-4-3-7-16-14(11)20/h5-6,9,11H,3-4,7H2,1-2H3,(H,16,20). The van der Waals surface area contributed by atoms with Crippen LogP contribution in [0.1, 0.15) is 42.7 Å². The van der Waals surface area contributed by atoms with Crippen molar-refractivity contribution >= 4 is 28.7 Å². The van der Waals surface area contributed by atoms with Crippen LogP contribution in [0.4, 0.5) is 0 Å². The summed E-state index contributed by atoms with van der Waals surface area (Å²) in [4.78, 5) is 21.3. The third kappa shape index (κ3) is 2.16. The van der Waals surface area contributed by atoms with Gasteiger partial charge in [0.05, 0.1) is 5.38 Å². The highest BCUT2D eigenvalue weighted by Gasteiger charge is 2.29. The highest BCUT2D eigenvalue weighted by atomic mass is 35.5. The van der Waals surface area contributed by atoms with Crippen molar-refractivity contribution in [3.05, 3.63) is 23.7 Å². The molecule has 2 aromatic heterocycles. The maximum absolute atomic E-state index is 12.2. The summed E-state index contributed by atoms with van der Waals surface area (Å²) in [7, 11) is 0. The number of nitrogens with one attached hydrogen (secondary N) is 1. The van der Waals surface area contributed by atoms with Gasteiger partial charge in [0.25, 0.3) is 0 Å². The molecule has 0 aliphatic carbocycles. The van der Waals surface area contributed by atoms with Crippen LogP contribution in [-0.2, 0) is 4.79 Å². The molecular weight excluding hydrogens is 276 g/mol. The van der Waals surface area contributed by atoms with Crippen molar-refractivity contribution in [2.75, 3.05) is 6.54 Å². The Kier molecular flexibility index (Phi) is 3.38. The van der Waals surface area contributed by atoms with Crippen LogP contribution in [0, 0.1) is 6.92 Å². The van der Waals surface area contributed by atoms with E-state index in [9.17, 15) is 4.79 Å². The molecule has 3 heterocycles.